The third kappa shape index (κ3) is 3.76. The molecule has 5 heteroatoms. The number of benzene rings is 2. The molecule has 1 aliphatic heterocycles. The first-order valence-corrected chi connectivity index (χ1v) is 10.1. The van der Waals surface area contributed by atoms with Gasteiger partial charge in [-0.3, -0.25) is 5.10 Å². The number of anilines is 1. The Kier molecular flexibility index (Phi) is 4.53. The quantitative estimate of drug-likeness (QED) is 0.732. The van der Waals surface area contributed by atoms with Crippen LogP contribution in [0.2, 0.25) is 0 Å². The van der Waals surface area contributed by atoms with Crippen LogP contribution >= 0.6 is 0 Å². The van der Waals surface area contributed by atoms with Gasteiger partial charge in [0.2, 0.25) is 0 Å². The molecule has 0 radical (unpaired) electrons. The predicted octanol–water partition coefficient (Wildman–Crippen LogP) is 4.04. The molecule has 1 aliphatic carbocycles. The molecule has 0 bridgehead atoms. The SMILES string of the molecule is CN1CCN(c2ccc(-c3cc(-c4ccc(OC5CC5)cc4)n[nH]3)cc2)CC1. The predicted molar refractivity (Wildman–Crippen MR) is 113 cm³/mol. The van der Waals surface area contributed by atoms with Crippen LogP contribution in [0, 0.1) is 0 Å². The first-order valence-electron chi connectivity index (χ1n) is 10.1. The number of hydrogen-bond donors (Lipinski definition) is 1. The van der Waals surface area contributed by atoms with Gasteiger partial charge in [0.05, 0.1) is 17.5 Å². The van der Waals surface area contributed by atoms with Crippen molar-refractivity contribution < 1.29 is 4.74 Å². The van der Waals surface area contributed by atoms with Gasteiger partial charge in [-0.1, -0.05) is 12.1 Å². The zero-order valence-corrected chi connectivity index (χ0v) is 16.3. The highest BCUT2D eigenvalue weighted by molar-refractivity contribution is 5.69. The van der Waals surface area contributed by atoms with E-state index in [1.54, 1.807) is 0 Å². The summed E-state index contributed by atoms with van der Waals surface area (Å²) in [6.45, 7) is 4.42. The molecule has 0 amide bonds. The maximum Gasteiger partial charge on any atom is 0.119 e. The number of nitrogens with zero attached hydrogens (tertiary/aromatic N) is 3. The lowest BCUT2D eigenvalue weighted by atomic mass is 10.1. The van der Waals surface area contributed by atoms with Crippen molar-refractivity contribution in [1.29, 1.82) is 0 Å². The van der Waals surface area contributed by atoms with Crippen LogP contribution in [0.3, 0.4) is 0 Å². The van der Waals surface area contributed by atoms with Gasteiger partial charge in [-0.05, 0) is 67.9 Å². The Morgan fingerprint density at radius 3 is 2.25 bits per heavy atom. The van der Waals surface area contributed by atoms with Crippen LogP contribution < -0.4 is 9.64 Å². The molecule has 2 heterocycles. The minimum Gasteiger partial charge on any atom is -0.490 e. The van der Waals surface area contributed by atoms with E-state index in [-0.39, 0.29) is 0 Å². The minimum absolute atomic E-state index is 0.427. The summed E-state index contributed by atoms with van der Waals surface area (Å²) in [5.74, 6) is 0.946. The third-order valence-electron chi connectivity index (χ3n) is 5.60. The first kappa shape index (κ1) is 17.3. The molecular weight excluding hydrogens is 348 g/mol. The summed E-state index contributed by atoms with van der Waals surface area (Å²) in [6, 6.07) is 19.1. The lowest BCUT2D eigenvalue weighted by molar-refractivity contribution is 0.303. The van der Waals surface area contributed by atoms with E-state index in [0.29, 0.717) is 6.10 Å². The molecule has 3 aromatic rings. The van der Waals surface area contributed by atoms with Crippen molar-refractivity contribution in [3.63, 3.8) is 0 Å². The fourth-order valence-electron chi connectivity index (χ4n) is 3.62. The molecule has 5 rings (SSSR count). The van der Waals surface area contributed by atoms with E-state index in [4.69, 9.17) is 4.74 Å². The van der Waals surface area contributed by atoms with Gasteiger partial charge in [0.15, 0.2) is 0 Å². The molecule has 2 aromatic carbocycles. The van der Waals surface area contributed by atoms with Gasteiger partial charge < -0.3 is 14.5 Å². The Morgan fingerprint density at radius 2 is 1.57 bits per heavy atom. The Balaban J connectivity index is 1.28. The molecule has 1 saturated carbocycles. The third-order valence-corrected chi connectivity index (χ3v) is 5.60. The highest BCUT2D eigenvalue weighted by Gasteiger charge is 2.23. The lowest BCUT2D eigenvalue weighted by Gasteiger charge is -2.34. The van der Waals surface area contributed by atoms with Crippen molar-refractivity contribution in [1.82, 2.24) is 15.1 Å². The van der Waals surface area contributed by atoms with Gasteiger partial charge in [-0.15, -0.1) is 0 Å². The Morgan fingerprint density at radius 1 is 0.893 bits per heavy atom. The molecule has 1 aromatic heterocycles. The van der Waals surface area contributed by atoms with Gasteiger partial charge >= 0.3 is 0 Å². The topological polar surface area (TPSA) is 44.4 Å². The zero-order valence-electron chi connectivity index (χ0n) is 16.3. The molecule has 1 N–H and O–H groups in total. The Bertz CT molecular complexity index is 920. The fourth-order valence-corrected chi connectivity index (χ4v) is 3.62. The van der Waals surface area contributed by atoms with Crippen molar-refractivity contribution in [3.05, 3.63) is 54.6 Å². The maximum atomic E-state index is 5.82. The normalized spacial score (nSPS) is 17.7. The van der Waals surface area contributed by atoms with E-state index >= 15 is 0 Å². The second-order valence-electron chi connectivity index (χ2n) is 7.85. The van der Waals surface area contributed by atoms with Crippen molar-refractivity contribution in [3.8, 4) is 28.3 Å². The highest BCUT2D eigenvalue weighted by Crippen LogP contribution is 2.30. The van der Waals surface area contributed by atoms with Gasteiger partial charge in [0, 0.05) is 37.4 Å². The number of piperazine rings is 1. The maximum absolute atomic E-state index is 5.82. The standard InChI is InChI=1S/C23H26N4O/c1-26-12-14-27(15-13-26)19-6-2-17(3-7-19)22-16-23(25-24-22)18-4-8-20(9-5-18)28-21-10-11-21/h2-9,16,21H,10-15H2,1H3,(H,24,25). The number of aromatic nitrogens is 2. The molecule has 28 heavy (non-hydrogen) atoms. The second-order valence-corrected chi connectivity index (χ2v) is 7.85. The smallest absolute Gasteiger partial charge is 0.119 e. The van der Waals surface area contributed by atoms with E-state index in [9.17, 15) is 0 Å². The van der Waals surface area contributed by atoms with E-state index < -0.39 is 0 Å². The summed E-state index contributed by atoms with van der Waals surface area (Å²) < 4.78 is 5.82. The van der Waals surface area contributed by atoms with Crippen LogP contribution in [0.5, 0.6) is 5.75 Å². The number of likely N-dealkylation sites (N-methyl/N-ethyl adjacent to an activating group) is 1. The summed E-state index contributed by atoms with van der Waals surface area (Å²) >= 11 is 0. The number of aromatic amines is 1. The number of rotatable bonds is 5. The summed E-state index contributed by atoms with van der Waals surface area (Å²) in [4.78, 5) is 4.83. The van der Waals surface area contributed by atoms with Crippen LogP contribution in [0.15, 0.2) is 54.6 Å². The Hall–Kier alpha value is -2.79. The monoisotopic (exact) mass is 374 g/mol. The van der Waals surface area contributed by atoms with Gasteiger partial charge in [-0.2, -0.15) is 5.10 Å². The molecule has 1 saturated heterocycles. The number of H-pyrrole nitrogens is 1. The molecule has 0 atom stereocenters. The molecule has 0 unspecified atom stereocenters. The highest BCUT2D eigenvalue weighted by atomic mass is 16.5. The Labute approximate surface area is 165 Å². The number of hydrogen-bond acceptors (Lipinski definition) is 4. The second kappa shape index (κ2) is 7.32. The summed E-state index contributed by atoms with van der Waals surface area (Å²) in [5, 5.41) is 7.69. The van der Waals surface area contributed by atoms with Crippen LogP contribution in [0.25, 0.3) is 22.5 Å². The van der Waals surface area contributed by atoms with E-state index in [0.717, 1.165) is 54.4 Å². The minimum atomic E-state index is 0.427. The lowest BCUT2D eigenvalue weighted by Crippen LogP contribution is -2.44. The molecule has 2 fully saturated rings. The van der Waals surface area contributed by atoms with Crippen molar-refractivity contribution >= 4 is 5.69 Å². The van der Waals surface area contributed by atoms with Crippen LogP contribution in [-0.4, -0.2) is 54.4 Å². The van der Waals surface area contributed by atoms with Gasteiger partial charge in [0.1, 0.15) is 5.75 Å². The van der Waals surface area contributed by atoms with Crippen LogP contribution in [-0.2, 0) is 0 Å². The molecule has 0 spiro atoms. The number of ether oxygens (including phenoxy) is 1. The molecule has 144 valence electrons. The van der Waals surface area contributed by atoms with Gasteiger partial charge in [0.25, 0.3) is 0 Å². The van der Waals surface area contributed by atoms with Crippen LogP contribution in [0.4, 0.5) is 5.69 Å². The largest absolute Gasteiger partial charge is 0.490 e. The summed E-state index contributed by atoms with van der Waals surface area (Å²) in [7, 11) is 2.18. The van der Waals surface area contributed by atoms with Crippen molar-refractivity contribution in [2.75, 3.05) is 38.1 Å². The molecular formula is C23H26N4O. The zero-order chi connectivity index (χ0) is 18.9. The summed E-state index contributed by atoms with van der Waals surface area (Å²) in [5.41, 5.74) is 5.54. The van der Waals surface area contributed by atoms with E-state index in [1.807, 2.05) is 12.1 Å². The fraction of sp³-hybridized carbons (Fsp3) is 0.348. The van der Waals surface area contributed by atoms with Crippen molar-refractivity contribution in [2.24, 2.45) is 0 Å². The van der Waals surface area contributed by atoms with Gasteiger partial charge in [-0.25, -0.2) is 0 Å². The average Bonchev–Trinajstić information content (AvgIpc) is 3.41. The van der Waals surface area contributed by atoms with Crippen molar-refractivity contribution in [2.45, 2.75) is 18.9 Å². The molecule has 2 aliphatic rings. The first-order chi connectivity index (χ1) is 13.7. The average molecular weight is 374 g/mol. The van der Waals surface area contributed by atoms with Crippen LogP contribution in [0.1, 0.15) is 12.8 Å². The number of nitrogens with one attached hydrogen (secondary N) is 1. The molecule has 5 nitrogen and oxygen atoms in total. The van der Waals surface area contributed by atoms with E-state index in [1.165, 1.54) is 18.5 Å². The van der Waals surface area contributed by atoms with E-state index in [2.05, 4.69) is 69.5 Å². The summed E-state index contributed by atoms with van der Waals surface area (Å²) in [6.07, 6.45) is 2.78.